The fraction of sp³-hybridized carbons (Fsp3) is 0.421. The Kier molecular flexibility index (Phi) is 5.08. The van der Waals surface area contributed by atoms with Gasteiger partial charge in [0.25, 0.3) is 5.91 Å². The zero-order valence-electron chi connectivity index (χ0n) is 14.7. The van der Waals surface area contributed by atoms with E-state index < -0.39 is 17.5 Å². The Hall–Kier alpha value is -2.67. The minimum atomic E-state index is -2.02. The fourth-order valence-corrected chi connectivity index (χ4v) is 3.26. The molecule has 0 aliphatic heterocycles. The van der Waals surface area contributed by atoms with Crippen molar-refractivity contribution in [3.63, 3.8) is 0 Å². The number of carbonyl (C=O) groups is 2. The number of hydrogen-bond donors (Lipinski definition) is 3. The molecule has 1 atom stereocenters. The van der Waals surface area contributed by atoms with E-state index in [1.165, 1.54) is 6.20 Å². The largest absolute Gasteiger partial charge is 0.479 e. The van der Waals surface area contributed by atoms with Crippen molar-refractivity contribution in [2.45, 2.75) is 44.2 Å². The van der Waals surface area contributed by atoms with E-state index in [-0.39, 0.29) is 12.6 Å². The van der Waals surface area contributed by atoms with Gasteiger partial charge in [0.15, 0.2) is 5.60 Å². The highest BCUT2D eigenvalue weighted by Crippen LogP contribution is 2.34. The molecule has 1 fully saturated rings. The van der Waals surface area contributed by atoms with Gasteiger partial charge in [-0.15, -0.1) is 0 Å². The van der Waals surface area contributed by atoms with E-state index in [9.17, 15) is 14.7 Å². The molecule has 26 heavy (non-hydrogen) atoms. The van der Waals surface area contributed by atoms with Crippen molar-refractivity contribution in [3.8, 4) is 11.3 Å². The summed E-state index contributed by atoms with van der Waals surface area (Å²) in [6.45, 7) is 0.764. The third kappa shape index (κ3) is 3.62. The van der Waals surface area contributed by atoms with Crippen LogP contribution in [0.4, 0.5) is 0 Å². The van der Waals surface area contributed by atoms with Gasteiger partial charge in [-0.2, -0.15) is 5.10 Å². The van der Waals surface area contributed by atoms with Crippen LogP contribution in [0.5, 0.6) is 0 Å². The monoisotopic (exact) mass is 357 g/mol. The molecular weight excluding hydrogens is 334 g/mol. The summed E-state index contributed by atoms with van der Waals surface area (Å²) < 4.78 is 1.91. The first-order valence-electron chi connectivity index (χ1n) is 8.77. The molecule has 1 aromatic heterocycles. The number of carbonyl (C=O) groups excluding carboxylic acids is 1. The number of benzene rings is 1. The summed E-state index contributed by atoms with van der Waals surface area (Å²) in [5.41, 5.74) is -0.0365. The maximum atomic E-state index is 12.7. The molecule has 1 aliphatic rings. The molecule has 1 heterocycles. The van der Waals surface area contributed by atoms with Gasteiger partial charge in [0, 0.05) is 5.56 Å². The van der Waals surface area contributed by atoms with Gasteiger partial charge in [0.1, 0.15) is 0 Å². The maximum Gasteiger partial charge on any atom is 0.337 e. The lowest BCUT2D eigenvalue weighted by Gasteiger charge is -2.19. The average Bonchev–Trinajstić information content (AvgIpc) is 3.29. The zero-order chi connectivity index (χ0) is 18.7. The summed E-state index contributed by atoms with van der Waals surface area (Å²) in [6, 6.07) is 9.81. The third-order valence-corrected chi connectivity index (χ3v) is 4.81. The van der Waals surface area contributed by atoms with Gasteiger partial charge in [0.05, 0.1) is 30.0 Å². The Morgan fingerprint density at radius 1 is 1.27 bits per heavy atom. The van der Waals surface area contributed by atoms with E-state index in [1.807, 2.05) is 35.0 Å². The van der Waals surface area contributed by atoms with Crippen molar-refractivity contribution in [1.29, 1.82) is 0 Å². The minimum absolute atomic E-state index is 0.258. The second kappa shape index (κ2) is 7.29. The number of aliphatic hydroxyl groups is 1. The molecule has 1 amide bonds. The Labute approximate surface area is 151 Å². The summed E-state index contributed by atoms with van der Waals surface area (Å²) in [5, 5.41) is 25.8. The van der Waals surface area contributed by atoms with Gasteiger partial charge in [-0.25, -0.2) is 4.79 Å². The SMILES string of the molecule is CC(O)(CNC(=O)c1cnn(C2CCCC2)c1-c1ccccc1)C(=O)O. The van der Waals surface area contributed by atoms with Gasteiger partial charge in [-0.05, 0) is 19.8 Å². The molecule has 3 N–H and O–H groups in total. The second-order valence-corrected chi connectivity index (χ2v) is 6.92. The first-order valence-corrected chi connectivity index (χ1v) is 8.77. The van der Waals surface area contributed by atoms with Crippen LogP contribution in [0.3, 0.4) is 0 Å². The summed E-state index contributed by atoms with van der Waals surface area (Å²) in [7, 11) is 0. The topological polar surface area (TPSA) is 104 Å². The van der Waals surface area contributed by atoms with Crippen LogP contribution >= 0.6 is 0 Å². The summed E-state index contributed by atoms with van der Waals surface area (Å²) in [4.78, 5) is 23.7. The molecule has 1 saturated carbocycles. The predicted molar refractivity (Wildman–Crippen MR) is 95.8 cm³/mol. The molecule has 0 spiro atoms. The van der Waals surface area contributed by atoms with Crippen molar-refractivity contribution in [2.24, 2.45) is 0 Å². The van der Waals surface area contributed by atoms with Crippen molar-refractivity contribution < 1.29 is 19.8 Å². The summed E-state index contributed by atoms with van der Waals surface area (Å²) in [5.74, 6) is -1.84. The molecule has 0 bridgehead atoms. The lowest BCUT2D eigenvalue weighted by atomic mass is 10.1. The van der Waals surface area contributed by atoms with E-state index in [0.717, 1.165) is 43.9 Å². The van der Waals surface area contributed by atoms with Crippen molar-refractivity contribution in [2.75, 3.05) is 6.54 Å². The van der Waals surface area contributed by atoms with E-state index in [2.05, 4.69) is 10.4 Å². The molecule has 7 nitrogen and oxygen atoms in total. The molecule has 1 aromatic carbocycles. The number of rotatable bonds is 6. The standard InChI is InChI=1S/C19H23N3O4/c1-19(26,18(24)25)12-20-17(23)15-11-21-22(14-9-5-6-10-14)16(15)13-7-3-2-4-8-13/h2-4,7-8,11,14,26H,5-6,9-10,12H2,1H3,(H,20,23)(H,24,25). The van der Waals surface area contributed by atoms with Gasteiger partial charge in [-0.1, -0.05) is 43.2 Å². The lowest BCUT2D eigenvalue weighted by molar-refractivity contribution is -0.155. The highest BCUT2D eigenvalue weighted by molar-refractivity contribution is 6.00. The first kappa shape index (κ1) is 18.1. The quantitative estimate of drug-likeness (QED) is 0.735. The van der Waals surface area contributed by atoms with Crippen molar-refractivity contribution >= 4 is 11.9 Å². The number of nitrogens with one attached hydrogen (secondary N) is 1. The van der Waals surface area contributed by atoms with E-state index in [0.29, 0.717) is 5.56 Å². The van der Waals surface area contributed by atoms with Crippen LogP contribution in [0.2, 0.25) is 0 Å². The van der Waals surface area contributed by atoms with Crippen LogP contribution in [0, 0.1) is 0 Å². The Balaban J connectivity index is 1.91. The zero-order valence-corrected chi connectivity index (χ0v) is 14.7. The molecule has 1 aliphatic carbocycles. The van der Waals surface area contributed by atoms with Gasteiger partial charge in [-0.3, -0.25) is 9.48 Å². The molecule has 138 valence electrons. The number of aromatic nitrogens is 2. The minimum Gasteiger partial charge on any atom is -0.479 e. The van der Waals surface area contributed by atoms with Crippen LogP contribution in [0.25, 0.3) is 11.3 Å². The van der Waals surface area contributed by atoms with Crippen LogP contribution < -0.4 is 5.32 Å². The van der Waals surface area contributed by atoms with Crippen LogP contribution in [0.1, 0.15) is 49.0 Å². The number of hydrogen-bond acceptors (Lipinski definition) is 4. The highest BCUT2D eigenvalue weighted by atomic mass is 16.4. The molecule has 3 rings (SSSR count). The number of aliphatic carboxylic acids is 1. The smallest absolute Gasteiger partial charge is 0.337 e. The average molecular weight is 357 g/mol. The summed E-state index contributed by atoms with van der Waals surface area (Å²) in [6.07, 6.45) is 5.85. The van der Waals surface area contributed by atoms with Gasteiger partial charge >= 0.3 is 5.97 Å². The van der Waals surface area contributed by atoms with Crippen LogP contribution in [-0.4, -0.2) is 44.0 Å². The predicted octanol–water partition coefficient (Wildman–Crippen LogP) is 2.23. The Morgan fingerprint density at radius 2 is 1.92 bits per heavy atom. The molecule has 2 aromatic rings. The first-order chi connectivity index (χ1) is 12.4. The normalized spacial score (nSPS) is 17.0. The van der Waals surface area contributed by atoms with E-state index >= 15 is 0 Å². The van der Waals surface area contributed by atoms with Gasteiger partial charge in [0.2, 0.25) is 0 Å². The highest BCUT2D eigenvalue weighted by Gasteiger charge is 2.31. The van der Waals surface area contributed by atoms with Crippen LogP contribution in [-0.2, 0) is 4.79 Å². The fourth-order valence-electron chi connectivity index (χ4n) is 3.26. The molecule has 0 saturated heterocycles. The Morgan fingerprint density at radius 3 is 2.54 bits per heavy atom. The molecular formula is C19H23N3O4. The van der Waals surface area contributed by atoms with Crippen molar-refractivity contribution in [1.82, 2.24) is 15.1 Å². The Bertz CT molecular complexity index is 792. The van der Waals surface area contributed by atoms with Crippen molar-refractivity contribution in [3.05, 3.63) is 42.1 Å². The number of carboxylic acids is 1. The lowest BCUT2D eigenvalue weighted by Crippen LogP contribution is -2.46. The summed E-state index contributed by atoms with van der Waals surface area (Å²) >= 11 is 0. The van der Waals surface area contributed by atoms with Crippen LogP contribution in [0.15, 0.2) is 36.5 Å². The number of nitrogens with zero attached hydrogens (tertiary/aromatic N) is 2. The number of carboxylic acid groups (broad SMARTS) is 1. The second-order valence-electron chi connectivity index (χ2n) is 6.92. The third-order valence-electron chi connectivity index (χ3n) is 4.81. The molecule has 7 heteroatoms. The maximum absolute atomic E-state index is 12.7. The number of amides is 1. The molecule has 0 radical (unpaired) electrons. The molecule has 1 unspecified atom stereocenters. The van der Waals surface area contributed by atoms with E-state index in [1.54, 1.807) is 0 Å². The van der Waals surface area contributed by atoms with E-state index in [4.69, 9.17) is 5.11 Å². The van der Waals surface area contributed by atoms with Gasteiger partial charge < -0.3 is 15.5 Å².